The molecule has 2 N–H and O–H groups in total. The number of nitrogens with zero attached hydrogens (tertiary/aromatic N) is 2. The highest BCUT2D eigenvalue weighted by molar-refractivity contribution is 14.0. The zero-order chi connectivity index (χ0) is 14.6. The van der Waals surface area contributed by atoms with Crippen LogP contribution < -0.4 is 10.6 Å². The summed E-state index contributed by atoms with van der Waals surface area (Å²) in [5.74, 6) is 0.890. The number of hydrogen-bond acceptors (Lipinski definition) is 3. The summed E-state index contributed by atoms with van der Waals surface area (Å²) in [5, 5.41) is 6.53. The van der Waals surface area contributed by atoms with Gasteiger partial charge in [0.1, 0.15) is 0 Å². The Morgan fingerprint density at radius 2 is 1.95 bits per heavy atom. The lowest BCUT2D eigenvalue weighted by Gasteiger charge is -2.30. The van der Waals surface area contributed by atoms with Crippen molar-refractivity contribution in [2.75, 3.05) is 46.9 Å². The second-order valence-electron chi connectivity index (χ2n) is 5.45. The number of aliphatic imine (C=N–C) groups is 1. The van der Waals surface area contributed by atoms with E-state index in [-0.39, 0.29) is 24.0 Å². The van der Waals surface area contributed by atoms with Crippen LogP contribution in [0.2, 0.25) is 0 Å². The van der Waals surface area contributed by atoms with Crippen LogP contribution in [0, 0.1) is 0 Å². The van der Waals surface area contributed by atoms with Gasteiger partial charge in [-0.3, -0.25) is 4.99 Å². The van der Waals surface area contributed by atoms with E-state index >= 15 is 0 Å². The van der Waals surface area contributed by atoms with Crippen molar-refractivity contribution < 1.29 is 4.74 Å². The summed E-state index contributed by atoms with van der Waals surface area (Å²) in [6, 6.07) is 0.767. The number of hydrogen-bond donors (Lipinski definition) is 2. The van der Waals surface area contributed by atoms with Crippen LogP contribution in [0.15, 0.2) is 4.99 Å². The number of likely N-dealkylation sites (N-methyl/N-ethyl adjacent to an activating group) is 1. The molecule has 126 valence electrons. The molecule has 0 unspecified atom stereocenters. The molecule has 0 bridgehead atoms. The molecule has 0 aromatic heterocycles. The van der Waals surface area contributed by atoms with E-state index in [0.717, 1.165) is 38.2 Å². The Balaban J connectivity index is 0.00000400. The number of ether oxygens (including phenoxy) is 1. The van der Waals surface area contributed by atoms with Crippen LogP contribution in [-0.4, -0.2) is 63.8 Å². The van der Waals surface area contributed by atoms with Crippen molar-refractivity contribution in [3.05, 3.63) is 0 Å². The molecule has 0 spiro atoms. The molecule has 21 heavy (non-hydrogen) atoms. The molecule has 0 saturated heterocycles. The van der Waals surface area contributed by atoms with E-state index in [1.54, 1.807) is 7.11 Å². The Bertz CT molecular complexity index is 270. The fourth-order valence-electron chi connectivity index (χ4n) is 2.64. The Kier molecular flexibility index (Phi) is 13.5. The van der Waals surface area contributed by atoms with Crippen LogP contribution in [0.5, 0.6) is 0 Å². The highest BCUT2D eigenvalue weighted by atomic mass is 127. The van der Waals surface area contributed by atoms with Crippen molar-refractivity contribution in [2.24, 2.45) is 4.99 Å². The minimum absolute atomic E-state index is 0. The predicted octanol–water partition coefficient (Wildman–Crippen LogP) is 2.07. The summed E-state index contributed by atoms with van der Waals surface area (Å²) in [6.07, 6.45) is 6.90. The molecule has 0 aliphatic heterocycles. The SMILES string of the molecule is CCNC(=NCCN(C)C1CCCCC1)NCCOC.I. The average molecular weight is 412 g/mol. The maximum absolute atomic E-state index is 5.04. The van der Waals surface area contributed by atoms with Gasteiger partial charge in [-0.25, -0.2) is 0 Å². The fourth-order valence-corrected chi connectivity index (χ4v) is 2.64. The molecule has 0 aromatic rings. The van der Waals surface area contributed by atoms with Gasteiger partial charge in [-0.1, -0.05) is 19.3 Å². The minimum atomic E-state index is 0. The van der Waals surface area contributed by atoms with Crippen LogP contribution in [0.25, 0.3) is 0 Å². The van der Waals surface area contributed by atoms with Crippen LogP contribution in [0.1, 0.15) is 39.0 Å². The Labute approximate surface area is 147 Å². The van der Waals surface area contributed by atoms with Gasteiger partial charge in [-0.15, -0.1) is 24.0 Å². The van der Waals surface area contributed by atoms with Crippen LogP contribution >= 0.6 is 24.0 Å². The molecular weight excluding hydrogens is 379 g/mol. The minimum Gasteiger partial charge on any atom is -0.383 e. The molecular formula is C15H33IN4O. The van der Waals surface area contributed by atoms with Gasteiger partial charge in [-0.05, 0) is 26.8 Å². The first kappa shape index (κ1) is 20.9. The molecule has 1 aliphatic rings. The van der Waals surface area contributed by atoms with Crippen LogP contribution in [-0.2, 0) is 4.74 Å². The van der Waals surface area contributed by atoms with Crippen LogP contribution in [0.3, 0.4) is 0 Å². The monoisotopic (exact) mass is 412 g/mol. The molecule has 6 heteroatoms. The molecule has 0 heterocycles. The van der Waals surface area contributed by atoms with Gasteiger partial charge in [0.15, 0.2) is 5.96 Å². The number of nitrogens with one attached hydrogen (secondary N) is 2. The van der Waals surface area contributed by atoms with Gasteiger partial charge in [-0.2, -0.15) is 0 Å². The van der Waals surface area contributed by atoms with Gasteiger partial charge in [0.2, 0.25) is 0 Å². The number of guanidine groups is 1. The first-order valence-corrected chi connectivity index (χ1v) is 7.99. The second-order valence-corrected chi connectivity index (χ2v) is 5.45. The van der Waals surface area contributed by atoms with Crippen LogP contribution in [0.4, 0.5) is 0 Å². The highest BCUT2D eigenvalue weighted by Crippen LogP contribution is 2.21. The maximum Gasteiger partial charge on any atom is 0.191 e. The Morgan fingerprint density at radius 1 is 1.24 bits per heavy atom. The third-order valence-electron chi connectivity index (χ3n) is 3.86. The van der Waals surface area contributed by atoms with Crippen molar-refractivity contribution in [1.82, 2.24) is 15.5 Å². The normalized spacial score (nSPS) is 16.7. The molecule has 0 amide bonds. The first-order chi connectivity index (χ1) is 9.77. The van der Waals surface area contributed by atoms with Crippen molar-refractivity contribution >= 4 is 29.9 Å². The zero-order valence-corrected chi connectivity index (χ0v) is 16.2. The van der Waals surface area contributed by atoms with Gasteiger partial charge in [0.25, 0.3) is 0 Å². The lowest BCUT2D eigenvalue weighted by Crippen LogP contribution is -2.40. The average Bonchev–Trinajstić information content (AvgIpc) is 2.48. The second kappa shape index (κ2) is 13.6. The smallest absolute Gasteiger partial charge is 0.191 e. The zero-order valence-electron chi connectivity index (χ0n) is 13.9. The summed E-state index contributed by atoms with van der Waals surface area (Å²) in [4.78, 5) is 7.09. The van der Waals surface area contributed by atoms with Gasteiger partial charge in [0.05, 0.1) is 13.2 Å². The largest absolute Gasteiger partial charge is 0.383 e. The molecule has 1 aliphatic carbocycles. The van der Waals surface area contributed by atoms with E-state index in [9.17, 15) is 0 Å². The van der Waals surface area contributed by atoms with E-state index in [1.165, 1.54) is 32.1 Å². The standard InChI is InChI=1S/C15H32N4O.HI/c1-4-16-15(18-11-13-20-3)17-10-12-19(2)14-8-6-5-7-9-14;/h14H,4-13H2,1-3H3,(H2,16,17,18);1H. The summed E-state index contributed by atoms with van der Waals surface area (Å²) in [7, 11) is 3.95. The lowest BCUT2D eigenvalue weighted by molar-refractivity contribution is 0.196. The highest BCUT2D eigenvalue weighted by Gasteiger charge is 2.17. The molecule has 0 atom stereocenters. The molecule has 0 radical (unpaired) electrons. The van der Waals surface area contributed by atoms with Gasteiger partial charge >= 0.3 is 0 Å². The summed E-state index contributed by atoms with van der Waals surface area (Å²) in [6.45, 7) is 6.34. The van der Waals surface area contributed by atoms with Crippen molar-refractivity contribution in [2.45, 2.75) is 45.1 Å². The number of rotatable bonds is 8. The molecule has 0 aromatic carbocycles. The quantitative estimate of drug-likeness (QED) is 0.277. The van der Waals surface area contributed by atoms with Gasteiger partial charge < -0.3 is 20.3 Å². The van der Waals surface area contributed by atoms with E-state index in [0.29, 0.717) is 6.61 Å². The third-order valence-corrected chi connectivity index (χ3v) is 3.86. The molecule has 1 rings (SSSR count). The topological polar surface area (TPSA) is 48.9 Å². The maximum atomic E-state index is 5.04. The van der Waals surface area contributed by atoms with Crippen molar-refractivity contribution in [1.29, 1.82) is 0 Å². The first-order valence-electron chi connectivity index (χ1n) is 7.99. The van der Waals surface area contributed by atoms with Crippen molar-refractivity contribution in [3.63, 3.8) is 0 Å². The summed E-state index contributed by atoms with van der Waals surface area (Å²) in [5.41, 5.74) is 0. The van der Waals surface area contributed by atoms with E-state index in [4.69, 9.17) is 4.74 Å². The number of methoxy groups -OCH3 is 1. The summed E-state index contributed by atoms with van der Waals surface area (Å²) < 4.78 is 5.04. The lowest BCUT2D eigenvalue weighted by atomic mass is 9.94. The fraction of sp³-hybridized carbons (Fsp3) is 0.933. The van der Waals surface area contributed by atoms with Crippen molar-refractivity contribution in [3.8, 4) is 0 Å². The van der Waals surface area contributed by atoms with E-state index in [1.807, 2.05) is 0 Å². The van der Waals surface area contributed by atoms with Gasteiger partial charge in [0, 0.05) is 32.8 Å². The molecule has 5 nitrogen and oxygen atoms in total. The van der Waals surface area contributed by atoms with E-state index < -0.39 is 0 Å². The predicted molar refractivity (Wildman–Crippen MR) is 101 cm³/mol. The molecule has 1 saturated carbocycles. The third kappa shape index (κ3) is 9.52. The van der Waals surface area contributed by atoms with E-state index in [2.05, 4.69) is 34.5 Å². The Hall–Kier alpha value is -0.0800. The Morgan fingerprint density at radius 3 is 2.57 bits per heavy atom. The number of halogens is 1. The molecule has 1 fully saturated rings. The summed E-state index contributed by atoms with van der Waals surface area (Å²) >= 11 is 0.